The summed E-state index contributed by atoms with van der Waals surface area (Å²) in [7, 11) is 0. The molecular weight excluding hydrogens is 182 g/mol. The molecule has 0 saturated carbocycles. The zero-order valence-electron chi connectivity index (χ0n) is 9.13. The lowest BCUT2D eigenvalue weighted by molar-refractivity contribution is 0.0347. The molecule has 1 N–H and O–H groups in total. The van der Waals surface area contributed by atoms with Crippen LogP contribution < -0.4 is 5.32 Å². The van der Waals surface area contributed by atoms with Crippen molar-refractivity contribution in [2.45, 2.75) is 45.3 Å². The average Bonchev–Trinajstić information content (AvgIpc) is 2.02. The van der Waals surface area contributed by atoms with Crippen molar-refractivity contribution in [2.24, 2.45) is 0 Å². The third-order valence-corrected chi connectivity index (χ3v) is 1.88. The van der Waals surface area contributed by atoms with Gasteiger partial charge >= 0.3 is 6.09 Å². The lowest BCUT2D eigenvalue weighted by Crippen LogP contribution is -2.43. The van der Waals surface area contributed by atoms with E-state index in [2.05, 4.69) is 5.32 Å². The third-order valence-electron chi connectivity index (χ3n) is 1.88. The molecule has 4 nitrogen and oxygen atoms in total. The van der Waals surface area contributed by atoms with Crippen molar-refractivity contribution in [2.75, 3.05) is 13.2 Å². The van der Waals surface area contributed by atoms with Crippen molar-refractivity contribution in [1.82, 2.24) is 5.32 Å². The lowest BCUT2D eigenvalue weighted by Gasteiger charge is -2.25. The van der Waals surface area contributed by atoms with E-state index in [0.29, 0.717) is 6.61 Å². The summed E-state index contributed by atoms with van der Waals surface area (Å²) >= 11 is 0. The molecule has 0 spiro atoms. The van der Waals surface area contributed by atoms with E-state index in [-0.39, 0.29) is 12.1 Å². The fourth-order valence-corrected chi connectivity index (χ4v) is 1.33. The minimum absolute atomic E-state index is 0.110. The van der Waals surface area contributed by atoms with E-state index < -0.39 is 5.60 Å². The van der Waals surface area contributed by atoms with Gasteiger partial charge in [-0.3, -0.25) is 0 Å². The molecule has 82 valence electrons. The Kier molecular flexibility index (Phi) is 3.75. The maximum Gasteiger partial charge on any atom is 0.407 e. The summed E-state index contributed by atoms with van der Waals surface area (Å²) in [5.74, 6) is 0. The monoisotopic (exact) mass is 201 g/mol. The van der Waals surface area contributed by atoms with Gasteiger partial charge in [0.2, 0.25) is 0 Å². The van der Waals surface area contributed by atoms with Crippen LogP contribution in [-0.4, -0.2) is 30.9 Å². The number of carbonyl (C=O) groups excluding carboxylic acids is 1. The highest BCUT2D eigenvalue weighted by Gasteiger charge is 2.20. The zero-order valence-corrected chi connectivity index (χ0v) is 9.13. The number of amides is 1. The predicted octanol–water partition coefficient (Wildman–Crippen LogP) is 1.69. The Labute approximate surface area is 85.0 Å². The molecule has 1 rings (SSSR count). The molecule has 1 amide bonds. The molecule has 4 heteroatoms. The van der Waals surface area contributed by atoms with Crippen molar-refractivity contribution in [1.29, 1.82) is 0 Å². The third kappa shape index (κ3) is 4.46. The van der Waals surface area contributed by atoms with E-state index in [0.717, 1.165) is 19.4 Å². The Morgan fingerprint density at radius 1 is 1.50 bits per heavy atom. The summed E-state index contributed by atoms with van der Waals surface area (Å²) in [6.45, 7) is 6.95. The number of hydrogen-bond donors (Lipinski definition) is 1. The molecule has 1 aliphatic heterocycles. The molecule has 0 bridgehead atoms. The van der Waals surface area contributed by atoms with Crippen molar-refractivity contribution in [3.63, 3.8) is 0 Å². The first-order chi connectivity index (χ1) is 6.47. The van der Waals surface area contributed by atoms with E-state index in [1.165, 1.54) is 0 Å². The second-order valence-corrected chi connectivity index (χ2v) is 4.56. The second-order valence-electron chi connectivity index (χ2n) is 4.56. The predicted molar refractivity (Wildman–Crippen MR) is 53.2 cm³/mol. The number of nitrogens with one attached hydrogen (secondary N) is 1. The topological polar surface area (TPSA) is 47.6 Å². The van der Waals surface area contributed by atoms with Gasteiger partial charge in [-0.1, -0.05) is 0 Å². The quantitative estimate of drug-likeness (QED) is 0.702. The zero-order chi connectivity index (χ0) is 10.6. The fraction of sp³-hybridized carbons (Fsp3) is 0.900. The molecule has 1 atom stereocenters. The number of rotatable bonds is 1. The molecular formula is C10H19NO3. The maximum absolute atomic E-state index is 11.3. The molecule has 0 aromatic rings. The van der Waals surface area contributed by atoms with Crippen LogP contribution in [0.25, 0.3) is 0 Å². The van der Waals surface area contributed by atoms with Crippen LogP contribution in [-0.2, 0) is 9.47 Å². The Morgan fingerprint density at radius 3 is 2.71 bits per heavy atom. The van der Waals surface area contributed by atoms with Crippen LogP contribution in [0.2, 0.25) is 0 Å². The molecule has 1 saturated heterocycles. The highest BCUT2D eigenvalue weighted by atomic mass is 16.6. The molecule has 1 heterocycles. The first-order valence-electron chi connectivity index (χ1n) is 5.04. The summed E-state index contributed by atoms with van der Waals surface area (Å²) in [4.78, 5) is 11.3. The SMILES string of the molecule is CC(C)(C)OC(=O)NC1CCCOC1. The molecule has 1 fully saturated rings. The van der Waals surface area contributed by atoms with Crippen LogP contribution in [0.1, 0.15) is 33.6 Å². The van der Waals surface area contributed by atoms with Gasteiger partial charge in [0.05, 0.1) is 12.6 Å². The first-order valence-corrected chi connectivity index (χ1v) is 5.04. The molecule has 0 aliphatic carbocycles. The van der Waals surface area contributed by atoms with E-state index in [4.69, 9.17) is 9.47 Å². The van der Waals surface area contributed by atoms with Crippen LogP contribution in [0, 0.1) is 0 Å². The molecule has 0 aromatic heterocycles. The molecule has 0 radical (unpaired) electrons. The summed E-state index contributed by atoms with van der Waals surface area (Å²) in [5.41, 5.74) is -0.431. The summed E-state index contributed by atoms with van der Waals surface area (Å²) in [6.07, 6.45) is 1.62. The average molecular weight is 201 g/mol. The van der Waals surface area contributed by atoms with Gasteiger partial charge in [-0.15, -0.1) is 0 Å². The smallest absolute Gasteiger partial charge is 0.407 e. The minimum Gasteiger partial charge on any atom is -0.444 e. The van der Waals surface area contributed by atoms with Gasteiger partial charge < -0.3 is 14.8 Å². The second kappa shape index (κ2) is 4.64. The van der Waals surface area contributed by atoms with Gasteiger partial charge in [-0.05, 0) is 33.6 Å². The number of alkyl carbamates (subject to hydrolysis) is 1. The maximum atomic E-state index is 11.3. The lowest BCUT2D eigenvalue weighted by atomic mass is 10.1. The first kappa shape index (κ1) is 11.3. The normalized spacial score (nSPS) is 22.9. The Morgan fingerprint density at radius 2 is 2.21 bits per heavy atom. The molecule has 1 aliphatic rings. The van der Waals surface area contributed by atoms with Crippen molar-refractivity contribution >= 4 is 6.09 Å². The largest absolute Gasteiger partial charge is 0.444 e. The van der Waals surface area contributed by atoms with Crippen molar-refractivity contribution < 1.29 is 14.3 Å². The van der Waals surface area contributed by atoms with Gasteiger partial charge in [0.1, 0.15) is 5.60 Å². The number of carbonyl (C=O) groups is 1. The molecule has 1 unspecified atom stereocenters. The fourth-order valence-electron chi connectivity index (χ4n) is 1.33. The van der Waals surface area contributed by atoms with Crippen LogP contribution in [0.3, 0.4) is 0 Å². The van der Waals surface area contributed by atoms with Crippen LogP contribution >= 0.6 is 0 Å². The van der Waals surface area contributed by atoms with Crippen LogP contribution in [0.4, 0.5) is 4.79 Å². The van der Waals surface area contributed by atoms with Crippen LogP contribution in [0.15, 0.2) is 0 Å². The van der Waals surface area contributed by atoms with Crippen molar-refractivity contribution in [3.8, 4) is 0 Å². The Hall–Kier alpha value is -0.770. The molecule has 0 aromatic carbocycles. The van der Waals surface area contributed by atoms with Gasteiger partial charge in [-0.25, -0.2) is 4.79 Å². The molecule has 14 heavy (non-hydrogen) atoms. The number of hydrogen-bond acceptors (Lipinski definition) is 3. The highest BCUT2D eigenvalue weighted by Crippen LogP contribution is 2.09. The van der Waals surface area contributed by atoms with Gasteiger partial charge in [0.15, 0.2) is 0 Å². The number of ether oxygens (including phenoxy) is 2. The van der Waals surface area contributed by atoms with E-state index in [1.54, 1.807) is 0 Å². The summed E-state index contributed by atoms with van der Waals surface area (Å²) < 4.78 is 10.4. The van der Waals surface area contributed by atoms with Crippen LogP contribution in [0.5, 0.6) is 0 Å². The van der Waals surface area contributed by atoms with Gasteiger partial charge in [0.25, 0.3) is 0 Å². The van der Waals surface area contributed by atoms with E-state index in [1.807, 2.05) is 20.8 Å². The Bertz CT molecular complexity index is 192. The van der Waals surface area contributed by atoms with Crippen molar-refractivity contribution in [3.05, 3.63) is 0 Å². The Balaban J connectivity index is 2.25. The minimum atomic E-state index is -0.431. The van der Waals surface area contributed by atoms with Gasteiger partial charge in [-0.2, -0.15) is 0 Å². The van der Waals surface area contributed by atoms with Gasteiger partial charge in [0, 0.05) is 6.61 Å². The standard InChI is InChI=1S/C10H19NO3/c1-10(2,3)14-9(12)11-8-5-4-6-13-7-8/h8H,4-7H2,1-3H3,(H,11,12). The van der Waals surface area contributed by atoms with E-state index in [9.17, 15) is 4.79 Å². The summed E-state index contributed by atoms with van der Waals surface area (Å²) in [6, 6.07) is 0.110. The van der Waals surface area contributed by atoms with E-state index >= 15 is 0 Å². The highest BCUT2D eigenvalue weighted by molar-refractivity contribution is 5.68. The summed E-state index contributed by atoms with van der Waals surface area (Å²) in [5, 5.41) is 2.79.